The molecule has 17 heavy (non-hydrogen) atoms. The summed E-state index contributed by atoms with van der Waals surface area (Å²) in [4.78, 5) is 7.76. The van der Waals surface area contributed by atoms with Crippen LogP contribution in [0.5, 0.6) is 0 Å². The maximum Gasteiger partial charge on any atom is 0.283 e. The van der Waals surface area contributed by atoms with E-state index < -0.39 is 6.43 Å². The molecule has 0 amide bonds. The molecule has 0 saturated heterocycles. The lowest BCUT2D eigenvalue weighted by atomic mass is 10.1. The van der Waals surface area contributed by atoms with Crippen LogP contribution >= 0.6 is 0 Å². The number of aromatic nitrogens is 3. The van der Waals surface area contributed by atoms with Gasteiger partial charge >= 0.3 is 0 Å². The predicted molar refractivity (Wildman–Crippen MR) is 57.8 cm³/mol. The van der Waals surface area contributed by atoms with Crippen LogP contribution in [0.15, 0.2) is 16.9 Å². The number of nitrogens with zero attached hydrogens (tertiary/aromatic N) is 3. The molecule has 92 valence electrons. The number of halogens is 2. The van der Waals surface area contributed by atoms with Crippen molar-refractivity contribution in [2.45, 2.75) is 26.2 Å². The van der Waals surface area contributed by atoms with Gasteiger partial charge in [0.15, 0.2) is 0 Å². The standard InChI is InChI=1S/C11H13F2N3O/c1-6(2)9-8(10(12)13)15-11(17-9)7-4-14-5-16(7)3/h4-6,10H,1-3H3. The molecule has 0 aliphatic heterocycles. The second-order valence-electron chi connectivity index (χ2n) is 4.11. The van der Waals surface area contributed by atoms with E-state index in [9.17, 15) is 8.78 Å². The number of rotatable bonds is 3. The zero-order chi connectivity index (χ0) is 12.6. The lowest BCUT2D eigenvalue weighted by molar-refractivity contribution is 0.143. The summed E-state index contributed by atoms with van der Waals surface area (Å²) in [6.45, 7) is 3.58. The number of hydrogen-bond donors (Lipinski definition) is 0. The van der Waals surface area contributed by atoms with Gasteiger partial charge in [-0.15, -0.1) is 0 Å². The van der Waals surface area contributed by atoms with Gasteiger partial charge in [-0.25, -0.2) is 18.7 Å². The van der Waals surface area contributed by atoms with E-state index in [1.807, 2.05) is 0 Å². The molecular weight excluding hydrogens is 228 g/mol. The maximum absolute atomic E-state index is 12.8. The highest BCUT2D eigenvalue weighted by Crippen LogP contribution is 2.32. The molecular formula is C11H13F2N3O. The molecule has 0 N–H and O–H groups in total. The van der Waals surface area contributed by atoms with E-state index in [1.165, 1.54) is 6.20 Å². The van der Waals surface area contributed by atoms with Crippen LogP contribution in [-0.2, 0) is 7.05 Å². The van der Waals surface area contributed by atoms with E-state index in [4.69, 9.17) is 4.42 Å². The van der Waals surface area contributed by atoms with Crippen molar-refractivity contribution in [1.82, 2.24) is 14.5 Å². The van der Waals surface area contributed by atoms with Crippen molar-refractivity contribution in [3.05, 3.63) is 24.0 Å². The van der Waals surface area contributed by atoms with Crippen molar-refractivity contribution in [3.63, 3.8) is 0 Å². The van der Waals surface area contributed by atoms with Crippen LogP contribution in [0.1, 0.15) is 37.6 Å². The lowest BCUT2D eigenvalue weighted by Crippen LogP contribution is -1.93. The van der Waals surface area contributed by atoms with E-state index in [1.54, 1.807) is 31.8 Å². The van der Waals surface area contributed by atoms with Gasteiger partial charge in [0, 0.05) is 13.0 Å². The van der Waals surface area contributed by atoms with Gasteiger partial charge in [-0.3, -0.25) is 0 Å². The van der Waals surface area contributed by atoms with Crippen molar-refractivity contribution in [2.24, 2.45) is 7.05 Å². The Balaban J connectivity index is 2.51. The number of aryl methyl sites for hydroxylation is 1. The van der Waals surface area contributed by atoms with Crippen LogP contribution < -0.4 is 0 Å². The molecule has 0 aromatic carbocycles. The second kappa shape index (κ2) is 4.27. The smallest absolute Gasteiger partial charge is 0.283 e. The van der Waals surface area contributed by atoms with Gasteiger partial charge in [0.2, 0.25) is 5.89 Å². The maximum atomic E-state index is 12.8. The zero-order valence-electron chi connectivity index (χ0n) is 9.82. The molecule has 0 aliphatic rings. The summed E-state index contributed by atoms with van der Waals surface area (Å²) < 4.78 is 32.7. The monoisotopic (exact) mass is 241 g/mol. The molecule has 2 aromatic heterocycles. The van der Waals surface area contributed by atoms with Crippen LogP contribution in [-0.4, -0.2) is 14.5 Å². The summed E-state index contributed by atoms with van der Waals surface area (Å²) in [5, 5.41) is 0. The van der Waals surface area contributed by atoms with Gasteiger partial charge in [-0.05, 0) is 0 Å². The fraction of sp³-hybridized carbons (Fsp3) is 0.455. The molecule has 0 radical (unpaired) electrons. The van der Waals surface area contributed by atoms with Gasteiger partial charge in [0.05, 0.1) is 12.5 Å². The summed E-state index contributed by atoms with van der Waals surface area (Å²) >= 11 is 0. The molecule has 0 bridgehead atoms. The van der Waals surface area contributed by atoms with Crippen molar-refractivity contribution in [3.8, 4) is 11.6 Å². The Kier molecular flexibility index (Phi) is 2.95. The Hall–Kier alpha value is -1.72. The first-order valence-electron chi connectivity index (χ1n) is 5.26. The Bertz CT molecular complexity index is 491. The predicted octanol–water partition coefficient (Wildman–Crippen LogP) is 3.14. The first kappa shape index (κ1) is 11.8. The largest absolute Gasteiger partial charge is 0.439 e. The average molecular weight is 241 g/mol. The number of alkyl halides is 2. The third kappa shape index (κ3) is 2.07. The highest BCUT2D eigenvalue weighted by Gasteiger charge is 2.24. The van der Waals surface area contributed by atoms with Gasteiger partial charge in [0.25, 0.3) is 6.43 Å². The molecule has 2 rings (SSSR count). The molecule has 0 saturated carbocycles. The van der Waals surface area contributed by atoms with Crippen LogP contribution in [0.2, 0.25) is 0 Å². The van der Waals surface area contributed by atoms with Gasteiger partial charge < -0.3 is 8.98 Å². The van der Waals surface area contributed by atoms with Crippen LogP contribution in [0, 0.1) is 0 Å². The molecule has 0 unspecified atom stereocenters. The van der Waals surface area contributed by atoms with Gasteiger partial charge in [0.1, 0.15) is 17.1 Å². The third-order valence-electron chi connectivity index (χ3n) is 2.45. The van der Waals surface area contributed by atoms with E-state index in [2.05, 4.69) is 9.97 Å². The Morgan fingerprint density at radius 1 is 1.35 bits per heavy atom. The molecule has 2 aromatic rings. The number of oxazole rings is 1. The molecule has 0 fully saturated rings. The average Bonchev–Trinajstić information content (AvgIpc) is 2.82. The first-order valence-corrected chi connectivity index (χ1v) is 5.26. The molecule has 2 heterocycles. The van der Waals surface area contributed by atoms with E-state index in [-0.39, 0.29) is 23.3 Å². The van der Waals surface area contributed by atoms with Crippen LogP contribution in [0.25, 0.3) is 11.6 Å². The normalized spacial score (nSPS) is 11.7. The van der Waals surface area contributed by atoms with Crippen molar-refractivity contribution in [1.29, 1.82) is 0 Å². The highest BCUT2D eigenvalue weighted by atomic mass is 19.3. The topological polar surface area (TPSA) is 43.9 Å². The van der Waals surface area contributed by atoms with Crippen molar-refractivity contribution >= 4 is 0 Å². The minimum absolute atomic E-state index is 0.131. The van der Waals surface area contributed by atoms with Gasteiger partial charge in [-0.2, -0.15) is 0 Å². The summed E-state index contributed by atoms with van der Waals surface area (Å²) in [6.07, 6.45) is 0.472. The molecule has 6 heteroatoms. The SMILES string of the molecule is CC(C)c1oc(-c2cncn2C)nc1C(F)F. The quantitative estimate of drug-likeness (QED) is 0.829. The van der Waals surface area contributed by atoms with Crippen LogP contribution in [0.3, 0.4) is 0 Å². The number of hydrogen-bond acceptors (Lipinski definition) is 3. The molecule has 4 nitrogen and oxygen atoms in total. The van der Waals surface area contributed by atoms with E-state index >= 15 is 0 Å². The lowest BCUT2D eigenvalue weighted by Gasteiger charge is -2.01. The number of imidazole rings is 1. The van der Waals surface area contributed by atoms with Gasteiger partial charge in [-0.1, -0.05) is 13.8 Å². The second-order valence-corrected chi connectivity index (χ2v) is 4.11. The Labute approximate surface area is 97.3 Å². The van der Waals surface area contributed by atoms with Crippen molar-refractivity contribution in [2.75, 3.05) is 0 Å². The fourth-order valence-electron chi connectivity index (χ4n) is 1.59. The Morgan fingerprint density at radius 3 is 2.47 bits per heavy atom. The highest BCUT2D eigenvalue weighted by molar-refractivity contribution is 5.47. The zero-order valence-corrected chi connectivity index (χ0v) is 9.82. The molecule has 0 spiro atoms. The van der Waals surface area contributed by atoms with Crippen LogP contribution in [0.4, 0.5) is 8.78 Å². The Morgan fingerprint density at radius 2 is 2.06 bits per heavy atom. The first-order chi connectivity index (χ1) is 8.00. The minimum atomic E-state index is -2.63. The third-order valence-corrected chi connectivity index (χ3v) is 2.45. The molecule has 0 atom stereocenters. The summed E-state index contributed by atoms with van der Waals surface area (Å²) in [5.41, 5.74) is 0.301. The van der Waals surface area contributed by atoms with E-state index in [0.717, 1.165) is 0 Å². The summed E-state index contributed by atoms with van der Waals surface area (Å²) in [6, 6.07) is 0. The van der Waals surface area contributed by atoms with E-state index in [0.29, 0.717) is 5.69 Å². The van der Waals surface area contributed by atoms with Crippen molar-refractivity contribution < 1.29 is 13.2 Å². The summed E-state index contributed by atoms with van der Waals surface area (Å²) in [5.74, 6) is 0.286. The molecule has 0 aliphatic carbocycles. The minimum Gasteiger partial charge on any atom is -0.439 e. The fourth-order valence-corrected chi connectivity index (χ4v) is 1.59. The summed E-state index contributed by atoms with van der Waals surface area (Å²) in [7, 11) is 1.75.